The average Bonchev–Trinajstić information content (AvgIpc) is 2.79. The fourth-order valence-corrected chi connectivity index (χ4v) is 3.35. The van der Waals surface area contributed by atoms with Crippen molar-refractivity contribution in [2.45, 2.75) is 32.2 Å². The Labute approximate surface area is 108 Å². The van der Waals surface area contributed by atoms with Crippen molar-refractivity contribution in [1.29, 1.82) is 0 Å². The van der Waals surface area contributed by atoms with Crippen LogP contribution in [0.15, 0.2) is 0 Å². The van der Waals surface area contributed by atoms with Crippen LogP contribution in [0.4, 0.5) is 0 Å². The molecule has 18 heavy (non-hydrogen) atoms. The predicted octanol–water partition coefficient (Wildman–Crippen LogP) is -0.803. The van der Waals surface area contributed by atoms with Crippen LogP contribution in [-0.2, 0) is 19.7 Å². The lowest BCUT2D eigenvalue weighted by Crippen LogP contribution is -2.47. The van der Waals surface area contributed by atoms with E-state index in [1.54, 1.807) is 6.92 Å². The number of hydrogen-bond donors (Lipinski definition) is 2. The number of hydrogen-bond acceptors (Lipinski definition) is 5. The topological polar surface area (TPSA) is 102 Å². The lowest BCUT2D eigenvalue weighted by atomic mass is 10.2. The van der Waals surface area contributed by atoms with E-state index in [0.717, 1.165) is 0 Å². The van der Waals surface area contributed by atoms with Crippen LogP contribution in [0.3, 0.4) is 0 Å². The van der Waals surface area contributed by atoms with E-state index in [9.17, 15) is 13.2 Å². The van der Waals surface area contributed by atoms with Gasteiger partial charge in [0.2, 0.25) is 0 Å². The van der Waals surface area contributed by atoms with Gasteiger partial charge in [0.1, 0.15) is 6.04 Å². The number of nitrogens with one attached hydrogen (secondary N) is 1. The Balaban J connectivity index is 2.65. The van der Waals surface area contributed by atoms with Gasteiger partial charge < -0.3 is 10.5 Å². The summed E-state index contributed by atoms with van der Waals surface area (Å²) < 4.78 is 32.5. The van der Waals surface area contributed by atoms with Crippen molar-refractivity contribution >= 4 is 16.2 Å². The van der Waals surface area contributed by atoms with E-state index in [1.165, 1.54) is 4.31 Å². The van der Waals surface area contributed by atoms with Gasteiger partial charge in [0.25, 0.3) is 10.2 Å². The van der Waals surface area contributed by atoms with Crippen LogP contribution in [0.2, 0.25) is 0 Å². The van der Waals surface area contributed by atoms with Crippen LogP contribution in [0.1, 0.15) is 26.2 Å². The molecule has 1 atom stereocenters. The summed E-state index contributed by atoms with van der Waals surface area (Å²) in [5.41, 5.74) is 5.30. The lowest BCUT2D eigenvalue weighted by Gasteiger charge is -2.22. The molecule has 1 rings (SSSR count). The fraction of sp³-hybridized carbons (Fsp3) is 0.900. The van der Waals surface area contributed by atoms with Gasteiger partial charge in [-0.25, -0.2) is 4.72 Å². The minimum atomic E-state index is -3.62. The standard InChI is InChI=1S/C10H21N3O4S/c1-2-17-10(14)9-5-3-8-13(9)18(15,16)12-7-4-6-11/h9,12H,2-8,11H2,1H3. The van der Waals surface area contributed by atoms with Crippen molar-refractivity contribution < 1.29 is 17.9 Å². The molecule has 3 N–H and O–H groups in total. The molecule has 0 aliphatic carbocycles. The molecule has 1 heterocycles. The number of ether oxygens (including phenoxy) is 1. The maximum Gasteiger partial charge on any atom is 0.324 e. The van der Waals surface area contributed by atoms with Gasteiger partial charge in [0.05, 0.1) is 6.61 Å². The maximum atomic E-state index is 12.0. The molecule has 0 radical (unpaired) electrons. The summed E-state index contributed by atoms with van der Waals surface area (Å²) in [5.74, 6) is -0.473. The van der Waals surface area contributed by atoms with Crippen LogP contribution >= 0.6 is 0 Å². The molecule has 0 bridgehead atoms. The zero-order chi connectivity index (χ0) is 13.6. The van der Waals surface area contributed by atoms with Gasteiger partial charge in [0.15, 0.2) is 0 Å². The number of carbonyl (C=O) groups excluding carboxylic acids is 1. The zero-order valence-corrected chi connectivity index (χ0v) is 11.4. The average molecular weight is 279 g/mol. The molecule has 1 unspecified atom stereocenters. The van der Waals surface area contributed by atoms with Crippen molar-refractivity contribution in [3.63, 3.8) is 0 Å². The molecule has 1 aliphatic heterocycles. The van der Waals surface area contributed by atoms with Crippen molar-refractivity contribution in [3.05, 3.63) is 0 Å². The Morgan fingerprint density at radius 1 is 1.56 bits per heavy atom. The van der Waals surface area contributed by atoms with E-state index < -0.39 is 22.2 Å². The number of nitrogens with two attached hydrogens (primary N) is 1. The molecule has 0 aromatic rings. The van der Waals surface area contributed by atoms with E-state index in [-0.39, 0.29) is 13.2 Å². The highest BCUT2D eigenvalue weighted by molar-refractivity contribution is 7.87. The molecular weight excluding hydrogens is 258 g/mol. The second-order valence-corrected chi connectivity index (χ2v) is 5.77. The number of esters is 1. The summed E-state index contributed by atoms with van der Waals surface area (Å²) in [6.07, 6.45) is 1.75. The number of carbonyl (C=O) groups is 1. The largest absolute Gasteiger partial charge is 0.465 e. The number of nitrogens with zero attached hydrogens (tertiary/aromatic N) is 1. The third-order valence-corrected chi connectivity index (χ3v) is 4.36. The molecule has 0 saturated carbocycles. The first-order chi connectivity index (χ1) is 8.53. The van der Waals surface area contributed by atoms with Crippen molar-refractivity contribution in [1.82, 2.24) is 9.03 Å². The molecule has 0 aromatic heterocycles. The molecule has 0 spiro atoms. The summed E-state index contributed by atoms with van der Waals surface area (Å²) in [5, 5.41) is 0. The molecule has 8 heteroatoms. The quantitative estimate of drug-likeness (QED) is 0.469. The van der Waals surface area contributed by atoms with Gasteiger partial charge in [-0.15, -0.1) is 0 Å². The molecule has 1 saturated heterocycles. The Morgan fingerprint density at radius 3 is 2.89 bits per heavy atom. The van der Waals surface area contributed by atoms with Gasteiger partial charge in [0, 0.05) is 13.1 Å². The highest BCUT2D eigenvalue weighted by Crippen LogP contribution is 2.21. The predicted molar refractivity (Wildman–Crippen MR) is 67.0 cm³/mol. The molecular formula is C10H21N3O4S. The summed E-state index contributed by atoms with van der Waals surface area (Å²) in [7, 11) is -3.62. The highest BCUT2D eigenvalue weighted by atomic mass is 32.2. The van der Waals surface area contributed by atoms with E-state index in [0.29, 0.717) is 32.4 Å². The third kappa shape index (κ3) is 3.91. The second kappa shape index (κ2) is 7.03. The molecule has 106 valence electrons. The van der Waals surface area contributed by atoms with E-state index >= 15 is 0 Å². The Hall–Kier alpha value is -0.700. The Bertz CT molecular complexity index is 371. The summed E-state index contributed by atoms with van der Waals surface area (Å²) >= 11 is 0. The minimum absolute atomic E-state index is 0.254. The van der Waals surface area contributed by atoms with E-state index in [1.807, 2.05) is 0 Å². The first-order valence-corrected chi connectivity index (χ1v) is 7.60. The smallest absolute Gasteiger partial charge is 0.324 e. The first kappa shape index (κ1) is 15.4. The van der Waals surface area contributed by atoms with E-state index in [4.69, 9.17) is 10.5 Å². The van der Waals surface area contributed by atoms with Crippen molar-refractivity contribution in [3.8, 4) is 0 Å². The van der Waals surface area contributed by atoms with Gasteiger partial charge in [-0.1, -0.05) is 0 Å². The van der Waals surface area contributed by atoms with Crippen LogP contribution < -0.4 is 10.5 Å². The van der Waals surface area contributed by atoms with Gasteiger partial charge >= 0.3 is 5.97 Å². The molecule has 1 fully saturated rings. The Kier molecular flexibility index (Phi) is 6.00. The third-order valence-electron chi connectivity index (χ3n) is 2.74. The van der Waals surface area contributed by atoms with Crippen LogP contribution in [0, 0.1) is 0 Å². The summed E-state index contributed by atoms with van der Waals surface area (Å²) in [6, 6.07) is -0.694. The maximum absolute atomic E-state index is 12.0. The first-order valence-electron chi connectivity index (χ1n) is 6.16. The van der Waals surface area contributed by atoms with Crippen LogP contribution in [-0.4, -0.2) is 51.0 Å². The van der Waals surface area contributed by atoms with Gasteiger partial charge in [-0.3, -0.25) is 4.79 Å². The number of rotatable bonds is 7. The second-order valence-electron chi connectivity index (χ2n) is 4.06. The monoisotopic (exact) mass is 279 g/mol. The SMILES string of the molecule is CCOC(=O)C1CCCN1S(=O)(=O)NCCCN. The van der Waals surface area contributed by atoms with Gasteiger partial charge in [-0.05, 0) is 32.7 Å². The van der Waals surface area contributed by atoms with Crippen LogP contribution in [0.25, 0.3) is 0 Å². The van der Waals surface area contributed by atoms with E-state index in [2.05, 4.69) is 4.72 Å². The normalized spacial score (nSPS) is 21.1. The fourth-order valence-electron chi connectivity index (χ4n) is 1.89. The molecule has 1 aliphatic rings. The minimum Gasteiger partial charge on any atom is -0.465 e. The summed E-state index contributed by atoms with van der Waals surface area (Å²) in [6.45, 7) is 3.01. The molecule has 0 amide bonds. The molecule has 0 aromatic carbocycles. The summed E-state index contributed by atoms with van der Waals surface area (Å²) in [4.78, 5) is 11.7. The van der Waals surface area contributed by atoms with Crippen LogP contribution in [0.5, 0.6) is 0 Å². The highest BCUT2D eigenvalue weighted by Gasteiger charge is 2.39. The van der Waals surface area contributed by atoms with Gasteiger partial charge in [-0.2, -0.15) is 12.7 Å². The lowest BCUT2D eigenvalue weighted by molar-refractivity contribution is -0.146. The molecule has 7 nitrogen and oxygen atoms in total. The zero-order valence-electron chi connectivity index (χ0n) is 10.6. The van der Waals surface area contributed by atoms with Crippen molar-refractivity contribution in [2.75, 3.05) is 26.2 Å². The Morgan fingerprint density at radius 2 is 2.28 bits per heavy atom. The van der Waals surface area contributed by atoms with Crippen molar-refractivity contribution in [2.24, 2.45) is 5.73 Å².